The van der Waals surface area contributed by atoms with Crippen molar-refractivity contribution in [1.29, 1.82) is 0 Å². The molecule has 0 saturated carbocycles. The fraction of sp³-hybridized carbons (Fsp3) is 0.579. The van der Waals surface area contributed by atoms with E-state index < -0.39 is 17.7 Å². The fourth-order valence-electron chi connectivity index (χ4n) is 3.19. The number of nitrogens with zero attached hydrogens (tertiary/aromatic N) is 1. The van der Waals surface area contributed by atoms with E-state index in [1.807, 2.05) is 0 Å². The van der Waals surface area contributed by atoms with Gasteiger partial charge in [-0.1, -0.05) is 31.9 Å². The first-order chi connectivity index (χ1) is 12.7. The van der Waals surface area contributed by atoms with Gasteiger partial charge in [0.2, 0.25) is 11.8 Å². The number of amides is 2. The number of nitrogens with one attached hydrogen (secondary N) is 1. The van der Waals surface area contributed by atoms with Crippen molar-refractivity contribution in [2.24, 2.45) is 11.7 Å². The summed E-state index contributed by atoms with van der Waals surface area (Å²) in [5.74, 6) is -0.953. The van der Waals surface area contributed by atoms with Crippen molar-refractivity contribution in [3.63, 3.8) is 0 Å². The Kier molecular flexibility index (Phi) is 7.24. The minimum absolute atomic E-state index is 0.0582. The van der Waals surface area contributed by atoms with Crippen molar-refractivity contribution in [2.45, 2.75) is 51.4 Å². The number of rotatable bonds is 8. The van der Waals surface area contributed by atoms with Crippen molar-refractivity contribution in [1.82, 2.24) is 10.2 Å². The van der Waals surface area contributed by atoms with E-state index in [0.717, 1.165) is 31.4 Å². The molecular weight excluding hydrogens is 359 g/mol. The number of alkyl halides is 3. The minimum atomic E-state index is -4.43. The summed E-state index contributed by atoms with van der Waals surface area (Å²) in [7, 11) is 0. The molecule has 0 aliphatic carbocycles. The van der Waals surface area contributed by atoms with Crippen molar-refractivity contribution < 1.29 is 22.8 Å². The summed E-state index contributed by atoms with van der Waals surface area (Å²) in [6, 6.07) is 4.78. The van der Waals surface area contributed by atoms with E-state index >= 15 is 0 Å². The monoisotopic (exact) mass is 385 g/mol. The van der Waals surface area contributed by atoms with Crippen LogP contribution in [-0.2, 0) is 22.3 Å². The Morgan fingerprint density at radius 2 is 2.15 bits per heavy atom. The highest BCUT2D eigenvalue weighted by Gasteiger charge is 2.35. The number of halogens is 3. The molecule has 27 heavy (non-hydrogen) atoms. The molecule has 150 valence electrons. The molecule has 0 spiro atoms. The van der Waals surface area contributed by atoms with E-state index in [1.165, 1.54) is 11.0 Å². The molecule has 1 aliphatic rings. The van der Waals surface area contributed by atoms with Crippen LogP contribution in [0.2, 0.25) is 0 Å². The Bertz CT molecular complexity index is 664. The summed E-state index contributed by atoms with van der Waals surface area (Å²) in [6.07, 6.45) is -1.63. The van der Waals surface area contributed by atoms with Crippen LogP contribution < -0.4 is 11.1 Å². The third kappa shape index (κ3) is 5.95. The maximum Gasteiger partial charge on any atom is 0.416 e. The summed E-state index contributed by atoms with van der Waals surface area (Å²) in [6.45, 7) is 2.64. The number of benzene rings is 1. The highest BCUT2D eigenvalue weighted by Crippen LogP contribution is 2.30. The van der Waals surface area contributed by atoms with E-state index in [9.17, 15) is 22.8 Å². The zero-order chi connectivity index (χ0) is 20.0. The van der Waals surface area contributed by atoms with Gasteiger partial charge in [-0.2, -0.15) is 13.2 Å². The van der Waals surface area contributed by atoms with Gasteiger partial charge in [0.1, 0.15) is 0 Å². The lowest BCUT2D eigenvalue weighted by atomic mass is 10.1. The molecule has 1 heterocycles. The van der Waals surface area contributed by atoms with Gasteiger partial charge in [0, 0.05) is 32.1 Å². The second-order valence-electron chi connectivity index (χ2n) is 6.96. The number of carbonyl (C=O) groups is 2. The molecule has 2 atom stereocenters. The van der Waals surface area contributed by atoms with Gasteiger partial charge < -0.3 is 16.0 Å². The second kappa shape index (κ2) is 9.21. The van der Waals surface area contributed by atoms with Crippen LogP contribution in [0.4, 0.5) is 13.2 Å². The lowest BCUT2D eigenvalue weighted by Gasteiger charge is -2.20. The summed E-state index contributed by atoms with van der Waals surface area (Å²) in [5.41, 5.74) is 5.33. The number of likely N-dealkylation sites (tertiary alicyclic amines) is 1. The third-order valence-corrected chi connectivity index (χ3v) is 4.75. The van der Waals surface area contributed by atoms with Crippen molar-refractivity contribution in [3.8, 4) is 0 Å². The lowest BCUT2D eigenvalue weighted by molar-refractivity contribution is -0.137. The van der Waals surface area contributed by atoms with Gasteiger partial charge in [-0.3, -0.25) is 9.59 Å². The molecular formula is C19H26F3N3O2. The molecule has 2 unspecified atom stereocenters. The molecule has 3 N–H and O–H groups in total. The number of unbranched alkanes of at least 4 members (excludes halogenated alkanes) is 1. The first-order valence-corrected chi connectivity index (χ1v) is 9.19. The summed E-state index contributed by atoms with van der Waals surface area (Å²) >= 11 is 0. The number of carbonyl (C=O) groups excluding carboxylic acids is 2. The van der Waals surface area contributed by atoms with Gasteiger partial charge in [0.25, 0.3) is 0 Å². The lowest BCUT2D eigenvalue weighted by Crippen LogP contribution is -2.43. The molecule has 1 aliphatic heterocycles. The SMILES string of the molecule is CCCCC(CN)NC(=O)C1CC(=O)N(Cc2cccc(C(F)(F)F)c2)C1. The van der Waals surface area contributed by atoms with Crippen LogP contribution in [0.1, 0.15) is 43.7 Å². The molecule has 2 amide bonds. The molecule has 0 aromatic heterocycles. The van der Waals surface area contributed by atoms with Gasteiger partial charge in [-0.05, 0) is 24.1 Å². The average Bonchev–Trinajstić information content (AvgIpc) is 2.98. The van der Waals surface area contributed by atoms with E-state index in [0.29, 0.717) is 12.1 Å². The first kappa shape index (κ1) is 21.2. The summed E-state index contributed by atoms with van der Waals surface area (Å²) in [5, 5.41) is 2.89. The largest absolute Gasteiger partial charge is 0.416 e. The zero-order valence-corrected chi connectivity index (χ0v) is 15.4. The van der Waals surface area contributed by atoms with E-state index in [4.69, 9.17) is 5.73 Å². The average molecular weight is 385 g/mol. The van der Waals surface area contributed by atoms with Gasteiger partial charge in [0.15, 0.2) is 0 Å². The molecule has 1 fully saturated rings. The standard InChI is InChI=1S/C19H26F3N3O2/c1-2-3-7-16(10-23)24-18(27)14-9-17(26)25(12-14)11-13-5-4-6-15(8-13)19(20,21)22/h4-6,8,14,16H,2-3,7,9-12,23H2,1H3,(H,24,27). The van der Waals surface area contributed by atoms with E-state index in [-0.39, 0.29) is 37.4 Å². The Hall–Kier alpha value is -2.09. The molecule has 0 bridgehead atoms. The minimum Gasteiger partial charge on any atom is -0.352 e. The topological polar surface area (TPSA) is 75.4 Å². The zero-order valence-electron chi connectivity index (χ0n) is 15.4. The number of hydrogen-bond donors (Lipinski definition) is 2. The molecule has 2 rings (SSSR count). The number of hydrogen-bond acceptors (Lipinski definition) is 3. The molecule has 8 heteroatoms. The van der Waals surface area contributed by atoms with Crippen LogP contribution >= 0.6 is 0 Å². The molecule has 5 nitrogen and oxygen atoms in total. The highest BCUT2D eigenvalue weighted by molar-refractivity contribution is 5.89. The predicted molar refractivity (Wildman–Crippen MR) is 95.5 cm³/mol. The van der Waals surface area contributed by atoms with E-state index in [2.05, 4.69) is 12.2 Å². The summed E-state index contributed by atoms with van der Waals surface area (Å²) < 4.78 is 38.5. The predicted octanol–water partition coefficient (Wildman–Crippen LogP) is 2.69. The van der Waals surface area contributed by atoms with Crippen LogP contribution in [0.25, 0.3) is 0 Å². The van der Waals surface area contributed by atoms with Crippen LogP contribution in [-0.4, -0.2) is 35.8 Å². The number of nitrogens with two attached hydrogens (primary N) is 1. The normalized spacial score (nSPS) is 18.6. The summed E-state index contributed by atoms with van der Waals surface area (Å²) in [4.78, 5) is 26.0. The van der Waals surface area contributed by atoms with Crippen molar-refractivity contribution in [2.75, 3.05) is 13.1 Å². The maximum atomic E-state index is 12.8. The Labute approximate surface area is 157 Å². The Morgan fingerprint density at radius 1 is 1.41 bits per heavy atom. The van der Waals surface area contributed by atoms with Crippen molar-refractivity contribution in [3.05, 3.63) is 35.4 Å². The smallest absolute Gasteiger partial charge is 0.352 e. The fourth-order valence-corrected chi connectivity index (χ4v) is 3.19. The Balaban J connectivity index is 1.96. The van der Waals surface area contributed by atoms with Gasteiger partial charge in [-0.25, -0.2) is 0 Å². The first-order valence-electron chi connectivity index (χ1n) is 9.19. The quantitative estimate of drug-likeness (QED) is 0.723. The Morgan fingerprint density at radius 3 is 2.78 bits per heavy atom. The molecule has 1 aromatic rings. The van der Waals surface area contributed by atoms with Crippen LogP contribution in [0, 0.1) is 5.92 Å². The maximum absolute atomic E-state index is 12.8. The molecule has 1 saturated heterocycles. The van der Waals surface area contributed by atoms with Crippen LogP contribution in [0.15, 0.2) is 24.3 Å². The van der Waals surface area contributed by atoms with Gasteiger partial charge in [0.05, 0.1) is 11.5 Å². The van der Waals surface area contributed by atoms with E-state index in [1.54, 1.807) is 6.07 Å². The van der Waals surface area contributed by atoms with Crippen LogP contribution in [0.5, 0.6) is 0 Å². The van der Waals surface area contributed by atoms with Crippen molar-refractivity contribution >= 4 is 11.8 Å². The molecule has 0 radical (unpaired) electrons. The van der Waals surface area contributed by atoms with Gasteiger partial charge in [-0.15, -0.1) is 0 Å². The van der Waals surface area contributed by atoms with Gasteiger partial charge >= 0.3 is 6.18 Å². The second-order valence-corrected chi connectivity index (χ2v) is 6.96. The molecule has 1 aromatic carbocycles. The highest BCUT2D eigenvalue weighted by atomic mass is 19.4. The van der Waals surface area contributed by atoms with Crippen LogP contribution in [0.3, 0.4) is 0 Å². The third-order valence-electron chi connectivity index (χ3n) is 4.75.